The summed E-state index contributed by atoms with van der Waals surface area (Å²) in [4.78, 5) is 14.8. The highest BCUT2D eigenvalue weighted by atomic mass is 16.6. The molecule has 6 heteroatoms. The molecule has 0 spiro atoms. The van der Waals surface area contributed by atoms with Gasteiger partial charge in [-0.25, -0.2) is 0 Å². The average molecular weight is 289 g/mol. The number of nitrogens with zero attached hydrogens (tertiary/aromatic N) is 2. The molecule has 2 rings (SSSR count). The lowest BCUT2D eigenvalue weighted by atomic mass is 10.1. The van der Waals surface area contributed by atoms with Gasteiger partial charge in [0.1, 0.15) is 12.4 Å². The molecule has 0 saturated carbocycles. The van der Waals surface area contributed by atoms with Crippen molar-refractivity contribution in [2.45, 2.75) is 26.8 Å². The molecule has 0 unspecified atom stereocenters. The van der Waals surface area contributed by atoms with Crippen LogP contribution >= 0.6 is 0 Å². The van der Waals surface area contributed by atoms with E-state index in [1.54, 1.807) is 6.07 Å². The lowest BCUT2D eigenvalue weighted by Crippen LogP contribution is -2.27. The molecule has 6 nitrogen and oxygen atoms in total. The summed E-state index contributed by atoms with van der Waals surface area (Å²) < 4.78 is 5.75. The largest absolute Gasteiger partial charge is 0.492 e. The number of nitro benzene ring substituents is 1. The van der Waals surface area contributed by atoms with Gasteiger partial charge in [-0.1, -0.05) is 13.8 Å². The second kappa shape index (κ2) is 6.49. The van der Waals surface area contributed by atoms with E-state index in [-0.39, 0.29) is 5.69 Å². The molecule has 21 heavy (non-hydrogen) atoms. The van der Waals surface area contributed by atoms with Crippen molar-refractivity contribution >= 4 is 16.5 Å². The highest BCUT2D eigenvalue weighted by Gasteiger charge is 2.15. The summed E-state index contributed by atoms with van der Waals surface area (Å²) in [6.45, 7) is 7.21. The SMILES string of the molecule is Cc1cc2c(OCCNC(C)C)ccc([N+](=O)[O-])c2cn1. The van der Waals surface area contributed by atoms with E-state index in [2.05, 4.69) is 24.1 Å². The van der Waals surface area contributed by atoms with E-state index in [0.29, 0.717) is 23.8 Å². The van der Waals surface area contributed by atoms with Gasteiger partial charge in [-0.3, -0.25) is 15.1 Å². The smallest absolute Gasteiger partial charge is 0.279 e. The Labute approximate surface area is 123 Å². The topological polar surface area (TPSA) is 77.3 Å². The molecule has 0 aliphatic carbocycles. The Balaban J connectivity index is 2.29. The molecular weight excluding hydrogens is 270 g/mol. The molecule has 1 aromatic heterocycles. The Hall–Kier alpha value is -2.21. The predicted molar refractivity (Wildman–Crippen MR) is 81.8 cm³/mol. The maximum absolute atomic E-state index is 11.1. The molecule has 1 aromatic carbocycles. The van der Waals surface area contributed by atoms with Crippen LogP contribution in [0.15, 0.2) is 24.4 Å². The first kappa shape index (κ1) is 15.2. The molecule has 0 radical (unpaired) electrons. The number of aryl methyl sites for hydroxylation is 1. The van der Waals surface area contributed by atoms with E-state index in [9.17, 15) is 10.1 Å². The van der Waals surface area contributed by atoms with E-state index >= 15 is 0 Å². The first-order valence-electron chi connectivity index (χ1n) is 6.89. The van der Waals surface area contributed by atoms with Crippen molar-refractivity contribution in [1.82, 2.24) is 10.3 Å². The van der Waals surface area contributed by atoms with Gasteiger partial charge in [0.25, 0.3) is 5.69 Å². The molecule has 0 atom stereocenters. The monoisotopic (exact) mass is 289 g/mol. The highest BCUT2D eigenvalue weighted by Crippen LogP contribution is 2.32. The van der Waals surface area contributed by atoms with Crippen molar-refractivity contribution in [3.8, 4) is 5.75 Å². The van der Waals surface area contributed by atoms with Gasteiger partial charge in [0.2, 0.25) is 0 Å². The second-order valence-electron chi connectivity index (χ2n) is 5.17. The number of fused-ring (bicyclic) bond motifs is 1. The summed E-state index contributed by atoms with van der Waals surface area (Å²) >= 11 is 0. The molecule has 112 valence electrons. The van der Waals surface area contributed by atoms with E-state index in [0.717, 1.165) is 17.6 Å². The Kier molecular flexibility index (Phi) is 4.70. The summed E-state index contributed by atoms with van der Waals surface area (Å²) in [5, 5.41) is 15.6. The van der Waals surface area contributed by atoms with Crippen LogP contribution in [0.1, 0.15) is 19.5 Å². The van der Waals surface area contributed by atoms with Gasteiger partial charge in [0.15, 0.2) is 0 Å². The van der Waals surface area contributed by atoms with Crippen molar-refractivity contribution in [2.24, 2.45) is 0 Å². The van der Waals surface area contributed by atoms with Crippen molar-refractivity contribution in [3.05, 3.63) is 40.2 Å². The zero-order chi connectivity index (χ0) is 15.4. The van der Waals surface area contributed by atoms with Crippen LogP contribution in [-0.2, 0) is 0 Å². The third-order valence-electron chi connectivity index (χ3n) is 3.08. The van der Waals surface area contributed by atoms with Crippen LogP contribution < -0.4 is 10.1 Å². The van der Waals surface area contributed by atoms with Crippen LogP contribution in [0.2, 0.25) is 0 Å². The summed E-state index contributed by atoms with van der Waals surface area (Å²) in [7, 11) is 0. The molecular formula is C15H19N3O3. The van der Waals surface area contributed by atoms with Crippen LogP contribution in [-0.4, -0.2) is 29.1 Å². The molecule has 0 bridgehead atoms. The second-order valence-corrected chi connectivity index (χ2v) is 5.17. The average Bonchev–Trinajstić information content (AvgIpc) is 2.42. The number of aromatic nitrogens is 1. The van der Waals surface area contributed by atoms with Gasteiger partial charge < -0.3 is 10.1 Å². The third kappa shape index (κ3) is 3.66. The van der Waals surface area contributed by atoms with E-state index < -0.39 is 4.92 Å². The fourth-order valence-corrected chi connectivity index (χ4v) is 2.10. The van der Waals surface area contributed by atoms with Gasteiger partial charge in [0.05, 0.1) is 10.3 Å². The molecule has 0 aliphatic rings. The van der Waals surface area contributed by atoms with Gasteiger partial charge in [-0.2, -0.15) is 0 Å². The van der Waals surface area contributed by atoms with Gasteiger partial charge in [-0.15, -0.1) is 0 Å². The number of rotatable bonds is 6. The Morgan fingerprint density at radius 1 is 1.38 bits per heavy atom. The number of ether oxygens (including phenoxy) is 1. The summed E-state index contributed by atoms with van der Waals surface area (Å²) in [6.07, 6.45) is 1.53. The highest BCUT2D eigenvalue weighted by molar-refractivity contribution is 5.95. The molecule has 0 saturated heterocycles. The van der Waals surface area contributed by atoms with Crippen LogP contribution in [0.25, 0.3) is 10.8 Å². The number of hydrogen-bond acceptors (Lipinski definition) is 5. The minimum Gasteiger partial charge on any atom is -0.492 e. The Bertz CT molecular complexity index is 656. The number of pyridine rings is 1. The molecule has 0 amide bonds. The molecule has 1 heterocycles. The first-order valence-corrected chi connectivity index (χ1v) is 6.89. The maximum atomic E-state index is 11.1. The van der Waals surface area contributed by atoms with Crippen molar-refractivity contribution in [2.75, 3.05) is 13.2 Å². The standard InChI is InChI=1S/C15H19N3O3/c1-10(2)16-6-7-21-15-5-4-14(18(19)20)13-9-17-11(3)8-12(13)15/h4-5,8-10,16H,6-7H2,1-3H3. The fourth-order valence-electron chi connectivity index (χ4n) is 2.10. The van der Waals surface area contributed by atoms with Crippen molar-refractivity contribution in [1.29, 1.82) is 0 Å². The van der Waals surface area contributed by atoms with E-state index in [1.807, 2.05) is 13.0 Å². The maximum Gasteiger partial charge on any atom is 0.279 e. The lowest BCUT2D eigenvalue weighted by molar-refractivity contribution is -0.383. The van der Waals surface area contributed by atoms with Crippen LogP contribution in [0.4, 0.5) is 5.69 Å². The summed E-state index contributed by atoms with van der Waals surface area (Å²) in [5.74, 6) is 0.645. The predicted octanol–water partition coefficient (Wildman–Crippen LogP) is 2.83. The Morgan fingerprint density at radius 3 is 2.81 bits per heavy atom. The summed E-state index contributed by atoms with van der Waals surface area (Å²) in [6, 6.07) is 5.32. The summed E-state index contributed by atoms with van der Waals surface area (Å²) in [5.41, 5.74) is 0.846. The van der Waals surface area contributed by atoms with E-state index in [1.165, 1.54) is 12.3 Å². The number of non-ortho nitro benzene ring substituents is 1. The van der Waals surface area contributed by atoms with Crippen molar-refractivity contribution in [3.63, 3.8) is 0 Å². The normalized spacial score (nSPS) is 11.0. The van der Waals surface area contributed by atoms with Crippen LogP contribution in [0.5, 0.6) is 5.75 Å². The number of benzene rings is 1. The number of hydrogen-bond donors (Lipinski definition) is 1. The first-order chi connectivity index (χ1) is 9.99. The third-order valence-corrected chi connectivity index (χ3v) is 3.08. The van der Waals surface area contributed by atoms with Crippen molar-refractivity contribution < 1.29 is 9.66 Å². The fraction of sp³-hybridized carbons (Fsp3) is 0.400. The Morgan fingerprint density at radius 2 is 2.14 bits per heavy atom. The van der Waals surface area contributed by atoms with Gasteiger partial charge in [-0.05, 0) is 19.1 Å². The zero-order valence-electron chi connectivity index (χ0n) is 12.4. The van der Waals surface area contributed by atoms with Gasteiger partial charge >= 0.3 is 0 Å². The molecule has 1 N–H and O–H groups in total. The minimum absolute atomic E-state index is 0.0464. The van der Waals surface area contributed by atoms with Crippen LogP contribution in [0, 0.1) is 17.0 Å². The van der Waals surface area contributed by atoms with Crippen LogP contribution in [0.3, 0.4) is 0 Å². The zero-order valence-corrected chi connectivity index (χ0v) is 12.4. The quantitative estimate of drug-likeness (QED) is 0.502. The minimum atomic E-state index is -0.399. The molecule has 2 aromatic rings. The molecule has 0 aliphatic heterocycles. The number of nitrogens with one attached hydrogen (secondary N) is 1. The number of nitro groups is 1. The lowest BCUT2D eigenvalue weighted by Gasteiger charge is -2.12. The van der Waals surface area contributed by atoms with Gasteiger partial charge in [0, 0.05) is 35.9 Å². The van der Waals surface area contributed by atoms with E-state index in [4.69, 9.17) is 4.74 Å². The molecule has 0 fully saturated rings.